The monoisotopic (exact) mass is 286 g/mol. The van der Waals surface area contributed by atoms with E-state index in [1.165, 1.54) is 30.4 Å². The van der Waals surface area contributed by atoms with Crippen LogP contribution in [0, 0.1) is 13.8 Å². The van der Waals surface area contributed by atoms with Crippen LogP contribution >= 0.6 is 11.3 Å². The lowest BCUT2D eigenvalue weighted by Gasteiger charge is -2.11. The van der Waals surface area contributed by atoms with Crippen molar-refractivity contribution in [2.75, 3.05) is 5.73 Å². The Hall–Kier alpha value is -1.56. The summed E-state index contributed by atoms with van der Waals surface area (Å²) in [5, 5.41) is 0.440. The quantitative estimate of drug-likeness (QED) is 0.907. The zero-order chi connectivity index (χ0) is 14.2. The number of nitrogens with zero attached hydrogens (tertiary/aromatic N) is 1. The van der Waals surface area contributed by atoms with Crippen molar-refractivity contribution in [1.82, 2.24) is 4.98 Å². The number of hydrogen-bond donors (Lipinski definition) is 1. The van der Waals surface area contributed by atoms with Crippen LogP contribution in [0.3, 0.4) is 0 Å². The first-order valence-corrected chi connectivity index (χ1v) is 6.47. The highest BCUT2D eigenvalue weighted by Crippen LogP contribution is 2.33. The molecule has 0 atom stereocenters. The second kappa shape index (κ2) is 4.85. The topological polar surface area (TPSA) is 38.9 Å². The third-order valence-electron chi connectivity index (χ3n) is 2.88. The van der Waals surface area contributed by atoms with Gasteiger partial charge in [-0.05, 0) is 31.0 Å². The van der Waals surface area contributed by atoms with Crippen LogP contribution < -0.4 is 5.73 Å². The maximum atomic E-state index is 12.8. The molecule has 2 nitrogen and oxygen atoms in total. The highest BCUT2D eigenvalue weighted by atomic mass is 32.1. The van der Waals surface area contributed by atoms with Gasteiger partial charge in [0.1, 0.15) is 0 Å². The van der Waals surface area contributed by atoms with Gasteiger partial charge in [0.25, 0.3) is 0 Å². The van der Waals surface area contributed by atoms with E-state index in [9.17, 15) is 13.2 Å². The Bertz CT molecular complexity index is 602. The van der Waals surface area contributed by atoms with Crippen molar-refractivity contribution in [3.05, 3.63) is 45.5 Å². The predicted molar refractivity (Wildman–Crippen MR) is 70.3 cm³/mol. The fraction of sp³-hybridized carbons (Fsp3) is 0.308. The lowest BCUT2D eigenvalue weighted by Crippen LogP contribution is -2.08. The second-order valence-electron chi connectivity index (χ2n) is 4.38. The summed E-state index contributed by atoms with van der Waals surface area (Å²) in [6.07, 6.45) is -3.90. The highest BCUT2D eigenvalue weighted by molar-refractivity contribution is 7.15. The van der Waals surface area contributed by atoms with Gasteiger partial charge in [-0.25, -0.2) is 4.98 Å². The largest absolute Gasteiger partial charge is 0.416 e. The number of benzene rings is 1. The van der Waals surface area contributed by atoms with Gasteiger partial charge >= 0.3 is 6.18 Å². The number of alkyl halides is 3. The molecule has 1 heterocycles. The standard InChI is InChI=1S/C13H13F3N2S/c1-7-3-4-9(5-10(7)13(14,15)16)6-11-8(2)18-12(17)19-11/h3-5H,6H2,1-2H3,(H2,17,18). The third-order valence-corrected chi connectivity index (χ3v) is 3.87. The molecule has 0 radical (unpaired) electrons. The molecule has 0 saturated heterocycles. The number of hydrogen-bond acceptors (Lipinski definition) is 3. The minimum atomic E-state index is -4.32. The van der Waals surface area contributed by atoms with E-state index in [2.05, 4.69) is 4.98 Å². The van der Waals surface area contributed by atoms with Gasteiger partial charge in [0.05, 0.1) is 11.3 Å². The molecule has 2 N–H and O–H groups in total. The molecule has 1 aromatic carbocycles. The number of thiazole rings is 1. The fourth-order valence-electron chi connectivity index (χ4n) is 1.88. The van der Waals surface area contributed by atoms with Gasteiger partial charge in [0, 0.05) is 11.3 Å². The zero-order valence-corrected chi connectivity index (χ0v) is 11.3. The summed E-state index contributed by atoms with van der Waals surface area (Å²) in [4.78, 5) is 4.97. The first kappa shape index (κ1) is 13.9. The van der Waals surface area contributed by atoms with E-state index in [0.717, 1.165) is 10.6 Å². The zero-order valence-electron chi connectivity index (χ0n) is 10.5. The van der Waals surface area contributed by atoms with Crippen LogP contribution in [0.4, 0.5) is 18.3 Å². The summed E-state index contributed by atoms with van der Waals surface area (Å²) < 4.78 is 38.5. The number of aryl methyl sites for hydroxylation is 2. The molecular weight excluding hydrogens is 273 g/mol. The van der Waals surface area contributed by atoms with E-state index in [0.29, 0.717) is 17.1 Å². The molecule has 0 aliphatic rings. The SMILES string of the molecule is Cc1ccc(Cc2sc(N)nc2C)cc1C(F)(F)F. The van der Waals surface area contributed by atoms with Crippen LogP contribution in [0.1, 0.15) is 27.3 Å². The number of rotatable bonds is 2. The molecule has 1 aromatic heterocycles. The van der Waals surface area contributed by atoms with Crippen LogP contribution in [-0.2, 0) is 12.6 Å². The average molecular weight is 286 g/mol. The molecule has 6 heteroatoms. The Morgan fingerprint density at radius 2 is 1.95 bits per heavy atom. The normalized spacial score (nSPS) is 11.8. The van der Waals surface area contributed by atoms with Gasteiger partial charge in [-0.3, -0.25) is 0 Å². The summed E-state index contributed by atoms with van der Waals surface area (Å²) >= 11 is 1.31. The highest BCUT2D eigenvalue weighted by Gasteiger charge is 2.32. The van der Waals surface area contributed by atoms with Gasteiger partial charge < -0.3 is 5.73 Å². The molecule has 0 saturated carbocycles. The van der Waals surface area contributed by atoms with Crippen molar-refractivity contribution in [2.45, 2.75) is 26.4 Å². The molecule has 0 bridgehead atoms. The summed E-state index contributed by atoms with van der Waals surface area (Å²) in [5.74, 6) is 0. The van der Waals surface area contributed by atoms with Gasteiger partial charge in [0.15, 0.2) is 5.13 Å². The molecule has 102 valence electrons. The van der Waals surface area contributed by atoms with Crippen LogP contribution in [0.2, 0.25) is 0 Å². The van der Waals surface area contributed by atoms with Crippen LogP contribution in [0.5, 0.6) is 0 Å². The number of anilines is 1. The van der Waals surface area contributed by atoms with E-state index in [1.807, 2.05) is 0 Å². The molecule has 0 aliphatic heterocycles. The smallest absolute Gasteiger partial charge is 0.375 e. The maximum absolute atomic E-state index is 12.8. The Labute approximate surface area is 113 Å². The molecule has 0 fully saturated rings. The van der Waals surface area contributed by atoms with Crippen LogP contribution in [-0.4, -0.2) is 4.98 Å². The summed E-state index contributed by atoms with van der Waals surface area (Å²) in [7, 11) is 0. The van der Waals surface area contributed by atoms with E-state index >= 15 is 0 Å². The van der Waals surface area contributed by atoms with Crippen LogP contribution in [0.15, 0.2) is 18.2 Å². The third kappa shape index (κ3) is 3.07. The lowest BCUT2D eigenvalue weighted by molar-refractivity contribution is -0.138. The van der Waals surface area contributed by atoms with Crippen molar-refractivity contribution in [1.29, 1.82) is 0 Å². The Kier molecular flexibility index (Phi) is 3.54. The minimum Gasteiger partial charge on any atom is -0.375 e. The maximum Gasteiger partial charge on any atom is 0.416 e. The Morgan fingerprint density at radius 3 is 2.47 bits per heavy atom. The van der Waals surface area contributed by atoms with Gasteiger partial charge in [-0.1, -0.05) is 12.1 Å². The summed E-state index contributed by atoms with van der Waals surface area (Å²) in [6.45, 7) is 3.27. The molecule has 0 amide bonds. The van der Waals surface area contributed by atoms with Gasteiger partial charge in [-0.2, -0.15) is 13.2 Å². The molecule has 19 heavy (non-hydrogen) atoms. The van der Waals surface area contributed by atoms with Crippen molar-refractivity contribution in [3.8, 4) is 0 Å². The number of nitrogen functional groups attached to an aromatic ring is 1. The molecule has 0 unspecified atom stereocenters. The number of halogens is 3. The Morgan fingerprint density at radius 1 is 1.26 bits per heavy atom. The van der Waals surface area contributed by atoms with E-state index in [4.69, 9.17) is 5.73 Å². The molecule has 2 aromatic rings. The van der Waals surface area contributed by atoms with Crippen LogP contribution in [0.25, 0.3) is 0 Å². The summed E-state index contributed by atoms with van der Waals surface area (Å²) in [6, 6.07) is 4.41. The summed E-state index contributed by atoms with van der Waals surface area (Å²) in [5.41, 5.74) is 6.62. The van der Waals surface area contributed by atoms with E-state index < -0.39 is 11.7 Å². The first-order valence-electron chi connectivity index (χ1n) is 5.66. The molecule has 0 aliphatic carbocycles. The molecular formula is C13H13F3N2S. The second-order valence-corrected chi connectivity index (χ2v) is 5.50. The van der Waals surface area contributed by atoms with Crippen molar-refractivity contribution in [2.24, 2.45) is 0 Å². The van der Waals surface area contributed by atoms with Crippen molar-refractivity contribution >= 4 is 16.5 Å². The van der Waals surface area contributed by atoms with Gasteiger partial charge in [-0.15, -0.1) is 11.3 Å². The fourth-order valence-corrected chi connectivity index (χ4v) is 2.75. The predicted octanol–water partition coefficient (Wildman–Crippen LogP) is 3.95. The molecule has 0 spiro atoms. The minimum absolute atomic E-state index is 0.233. The average Bonchev–Trinajstić information content (AvgIpc) is 2.58. The first-order chi connectivity index (χ1) is 8.77. The number of nitrogens with two attached hydrogens (primary N) is 1. The van der Waals surface area contributed by atoms with E-state index in [1.54, 1.807) is 13.0 Å². The lowest BCUT2D eigenvalue weighted by atomic mass is 10.0. The van der Waals surface area contributed by atoms with Gasteiger partial charge in [0.2, 0.25) is 0 Å². The van der Waals surface area contributed by atoms with Crippen molar-refractivity contribution in [3.63, 3.8) is 0 Å². The van der Waals surface area contributed by atoms with E-state index in [-0.39, 0.29) is 5.56 Å². The Balaban J connectivity index is 2.34. The number of aromatic nitrogens is 1. The van der Waals surface area contributed by atoms with Crippen molar-refractivity contribution < 1.29 is 13.2 Å². The molecule has 2 rings (SSSR count).